The third kappa shape index (κ3) is 8.10. The number of hydrogen-bond acceptors (Lipinski definition) is 3. The monoisotopic (exact) mass is 785 g/mol. The maximum Gasteiger partial charge on any atom is 0.319 e. The van der Waals surface area contributed by atoms with E-state index in [1.807, 2.05) is 63.2 Å². The Balaban J connectivity index is 1.20. The van der Waals surface area contributed by atoms with Gasteiger partial charge in [0.15, 0.2) is 5.71 Å². The highest BCUT2D eigenvalue weighted by Gasteiger charge is 2.43. The molecule has 0 radical (unpaired) electrons. The van der Waals surface area contributed by atoms with Crippen LogP contribution >= 0.6 is 0 Å². The molecule has 7 rings (SSSR count). The molecule has 0 unspecified atom stereocenters. The van der Waals surface area contributed by atoms with E-state index >= 15 is 0 Å². The molecule has 3 aliphatic rings. The van der Waals surface area contributed by atoms with Gasteiger partial charge in [-0.05, 0) is 144 Å². The van der Waals surface area contributed by atoms with Crippen LogP contribution in [0.2, 0.25) is 0 Å². The van der Waals surface area contributed by atoms with Gasteiger partial charge in [-0.15, -0.1) is 0 Å². The number of hydrogen-bond donors (Lipinski definition) is 2. The molecule has 4 aromatic carbocycles. The lowest BCUT2D eigenvalue weighted by Gasteiger charge is -2.27. The van der Waals surface area contributed by atoms with Crippen molar-refractivity contribution >= 4 is 34.4 Å². The number of allylic oxidation sites excluding steroid dienone is 8. The minimum Gasteiger partial charge on any atom is -0.457 e. The number of para-hydroxylation sites is 2. The topological polar surface area (TPSA) is 56.6 Å². The summed E-state index contributed by atoms with van der Waals surface area (Å²) in [7, 11) is 0. The summed E-state index contributed by atoms with van der Waals surface area (Å²) >= 11 is 0. The van der Waals surface area contributed by atoms with Gasteiger partial charge in [0, 0.05) is 46.7 Å². The number of likely N-dealkylation sites (N-methyl/N-ethyl adjacent to an activating group) is 1. The Morgan fingerprint density at radius 3 is 2.29 bits per heavy atom. The molecule has 0 bridgehead atoms. The van der Waals surface area contributed by atoms with Gasteiger partial charge >= 0.3 is 6.03 Å². The van der Waals surface area contributed by atoms with Crippen LogP contribution in [0.3, 0.4) is 0 Å². The number of carbonyl (C=O) groups is 1. The fourth-order valence-corrected chi connectivity index (χ4v) is 9.09. The molecule has 6 nitrogen and oxygen atoms in total. The predicted octanol–water partition coefficient (Wildman–Crippen LogP) is 12.9. The summed E-state index contributed by atoms with van der Waals surface area (Å²) in [6.45, 7) is 25.6. The van der Waals surface area contributed by atoms with E-state index in [-0.39, 0.29) is 16.9 Å². The maximum atomic E-state index is 13.3. The predicted molar refractivity (Wildman–Crippen MR) is 247 cm³/mol. The first kappa shape index (κ1) is 41.3. The van der Waals surface area contributed by atoms with Gasteiger partial charge in [-0.1, -0.05) is 86.7 Å². The van der Waals surface area contributed by atoms with E-state index in [9.17, 15) is 4.79 Å². The molecule has 0 saturated carbocycles. The summed E-state index contributed by atoms with van der Waals surface area (Å²) in [4.78, 5) is 15.7. The molecule has 6 heteroatoms. The zero-order valence-corrected chi connectivity index (χ0v) is 36.5. The molecule has 2 heterocycles. The molecule has 59 heavy (non-hydrogen) atoms. The number of amides is 2. The molecule has 4 aromatic rings. The molecule has 0 saturated heterocycles. The summed E-state index contributed by atoms with van der Waals surface area (Å²) in [5.41, 5.74) is 13.1. The van der Waals surface area contributed by atoms with Crippen LogP contribution in [0.4, 0.5) is 21.9 Å². The van der Waals surface area contributed by atoms with Gasteiger partial charge in [0.05, 0.1) is 11.0 Å². The normalized spacial score (nSPS) is 18.4. The minimum absolute atomic E-state index is 0.131. The summed E-state index contributed by atoms with van der Waals surface area (Å²) in [5.74, 6) is 1.62. The van der Waals surface area contributed by atoms with Gasteiger partial charge in [0.1, 0.15) is 18.1 Å². The van der Waals surface area contributed by atoms with Crippen LogP contribution in [0.15, 0.2) is 151 Å². The van der Waals surface area contributed by atoms with E-state index in [1.54, 1.807) is 0 Å². The SMILES string of the molecule is C=C(C)c1cccc(C(C)(C)NC(=O)Nc2ccc(OC3=C(C=CC4=[N+](CC)c5ccccc5C4(C)C)CCCC3=CC=C3N(CC)c4ccccc4C3(C)C)cc2)c1. The van der Waals surface area contributed by atoms with Crippen molar-refractivity contribution in [1.82, 2.24) is 5.32 Å². The van der Waals surface area contributed by atoms with Crippen LogP contribution in [0.25, 0.3) is 5.57 Å². The molecule has 2 N–H and O–H groups in total. The average molecular weight is 786 g/mol. The lowest BCUT2D eigenvalue weighted by molar-refractivity contribution is -0.433. The van der Waals surface area contributed by atoms with Gasteiger partial charge in [-0.3, -0.25) is 0 Å². The smallest absolute Gasteiger partial charge is 0.319 e. The second-order valence-electron chi connectivity index (χ2n) is 17.6. The van der Waals surface area contributed by atoms with Crippen molar-refractivity contribution in [2.45, 2.75) is 97.9 Å². The summed E-state index contributed by atoms with van der Waals surface area (Å²) in [6, 6.07) is 33.1. The van der Waals surface area contributed by atoms with E-state index in [0.717, 1.165) is 60.6 Å². The molecule has 0 spiro atoms. The molecule has 2 aliphatic heterocycles. The van der Waals surface area contributed by atoms with Crippen molar-refractivity contribution in [3.8, 4) is 5.75 Å². The first-order valence-electron chi connectivity index (χ1n) is 21.2. The zero-order valence-electron chi connectivity index (χ0n) is 36.5. The van der Waals surface area contributed by atoms with Crippen LogP contribution in [-0.4, -0.2) is 29.4 Å². The van der Waals surface area contributed by atoms with Gasteiger partial charge in [-0.2, -0.15) is 4.58 Å². The third-order valence-electron chi connectivity index (χ3n) is 12.4. The van der Waals surface area contributed by atoms with E-state index in [4.69, 9.17) is 4.74 Å². The molecule has 1 aliphatic carbocycles. The van der Waals surface area contributed by atoms with E-state index in [0.29, 0.717) is 5.69 Å². The van der Waals surface area contributed by atoms with Crippen molar-refractivity contribution in [3.63, 3.8) is 0 Å². The van der Waals surface area contributed by atoms with E-state index in [1.165, 1.54) is 45.1 Å². The average Bonchev–Trinajstić information content (AvgIpc) is 3.58. The van der Waals surface area contributed by atoms with Gasteiger partial charge in [0.25, 0.3) is 0 Å². The highest BCUT2D eigenvalue weighted by molar-refractivity contribution is 6.03. The number of nitrogens with zero attached hydrogens (tertiary/aromatic N) is 2. The summed E-state index contributed by atoms with van der Waals surface area (Å²) < 4.78 is 9.38. The van der Waals surface area contributed by atoms with Crippen molar-refractivity contribution < 1.29 is 14.1 Å². The Bertz CT molecular complexity index is 2440. The summed E-state index contributed by atoms with van der Waals surface area (Å²) in [6.07, 6.45) is 12.1. The fraction of sp³-hybridized carbons (Fsp3) is 0.321. The van der Waals surface area contributed by atoms with Crippen LogP contribution in [0.5, 0.6) is 5.75 Å². The molecular weight excluding hydrogens is 725 g/mol. The first-order valence-corrected chi connectivity index (χ1v) is 21.2. The highest BCUT2D eigenvalue weighted by Crippen LogP contribution is 2.48. The Morgan fingerprint density at radius 1 is 0.864 bits per heavy atom. The second kappa shape index (κ2) is 16.4. The number of fused-ring (bicyclic) bond motifs is 2. The van der Waals surface area contributed by atoms with Crippen LogP contribution in [-0.2, 0) is 16.4 Å². The quantitative estimate of drug-likeness (QED) is 0.149. The number of anilines is 2. The van der Waals surface area contributed by atoms with Crippen molar-refractivity contribution in [3.05, 3.63) is 173 Å². The second-order valence-corrected chi connectivity index (χ2v) is 17.6. The molecule has 0 atom stereocenters. The fourth-order valence-electron chi connectivity index (χ4n) is 9.09. The molecular formula is C53H61N4O2+. The summed E-state index contributed by atoms with van der Waals surface area (Å²) in [5, 5.41) is 6.17. The molecule has 0 aromatic heterocycles. The minimum atomic E-state index is -0.596. The molecule has 0 fully saturated rings. The number of benzene rings is 4. The van der Waals surface area contributed by atoms with E-state index in [2.05, 4.69) is 147 Å². The Kier molecular flexibility index (Phi) is 11.5. The number of rotatable bonds is 11. The zero-order chi connectivity index (χ0) is 42.1. The van der Waals surface area contributed by atoms with Gasteiger partial charge < -0.3 is 20.3 Å². The van der Waals surface area contributed by atoms with Crippen molar-refractivity contribution in [2.24, 2.45) is 0 Å². The maximum absolute atomic E-state index is 13.3. The van der Waals surface area contributed by atoms with Crippen LogP contribution < -0.4 is 20.3 Å². The van der Waals surface area contributed by atoms with E-state index < -0.39 is 5.54 Å². The Hall–Kier alpha value is -5.88. The highest BCUT2D eigenvalue weighted by atomic mass is 16.5. The number of nitrogens with one attached hydrogen (secondary N) is 2. The largest absolute Gasteiger partial charge is 0.457 e. The first-order chi connectivity index (χ1) is 28.1. The number of carbonyl (C=O) groups excluding carboxylic acids is 1. The van der Waals surface area contributed by atoms with Crippen LogP contribution in [0, 0.1) is 0 Å². The Morgan fingerprint density at radius 2 is 1.58 bits per heavy atom. The molecule has 304 valence electrons. The Labute approximate surface area is 352 Å². The lowest BCUT2D eigenvalue weighted by Crippen LogP contribution is -2.43. The van der Waals surface area contributed by atoms with Crippen molar-refractivity contribution in [1.29, 1.82) is 0 Å². The van der Waals surface area contributed by atoms with Gasteiger partial charge in [0.2, 0.25) is 5.69 Å². The lowest BCUT2D eigenvalue weighted by atomic mass is 9.81. The molecule has 2 amide bonds. The van der Waals surface area contributed by atoms with Crippen molar-refractivity contribution in [2.75, 3.05) is 23.3 Å². The standard InChI is InChI=1S/C53H60N4O2/c1-11-56-45-25-15-13-23-43(45)51(5,6)47(56)33-27-37-19-17-20-38(28-34-48-52(7,8)44-24-14-16-26-46(44)57(48)12-2)49(37)59-42-31-29-41(30-32-42)54-50(58)55-53(9,10)40-22-18-21-39(35-40)36(3)4/h13-16,18,21-35H,3,11-12,17,19-20H2,1-2,4-10H3,(H-,54,55,58)/p+1. The number of urea groups is 1. The van der Waals surface area contributed by atoms with Crippen LogP contribution in [0.1, 0.15) is 104 Å². The number of ether oxygens (including phenoxy) is 1. The van der Waals surface area contributed by atoms with Gasteiger partial charge in [-0.25, -0.2) is 4.79 Å². The third-order valence-corrected chi connectivity index (χ3v) is 12.4.